The molecule has 9 heteroatoms. The number of nitrogens with zero attached hydrogens (tertiary/aromatic N) is 4. The first-order chi connectivity index (χ1) is 16.2. The number of piperidine rings is 1. The Bertz CT molecular complexity index is 1650. The van der Waals surface area contributed by atoms with Gasteiger partial charge < -0.3 is 13.9 Å². The Morgan fingerprint density at radius 3 is 2.56 bits per heavy atom. The molecule has 174 valence electrons. The highest BCUT2D eigenvalue weighted by Gasteiger charge is 2.29. The molecule has 1 aliphatic rings. The third kappa shape index (κ3) is 3.64. The average Bonchev–Trinajstić information content (AvgIpc) is 3.23. The van der Waals surface area contributed by atoms with Gasteiger partial charge >= 0.3 is 0 Å². The quantitative estimate of drug-likeness (QED) is 0.444. The third-order valence-corrected chi connectivity index (χ3v) is 7.71. The molecule has 0 spiro atoms. The van der Waals surface area contributed by atoms with Crippen LogP contribution in [-0.2, 0) is 16.9 Å². The number of nitriles is 1. The van der Waals surface area contributed by atoms with Crippen LogP contribution < -0.4 is 10.5 Å². The second-order valence-corrected chi connectivity index (χ2v) is 11.0. The number of sulfone groups is 1. The summed E-state index contributed by atoms with van der Waals surface area (Å²) in [6.45, 7) is 3.19. The Balaban J connectivity index is 1.54. The van der Waals surface area contributed by atoms with E-state index in [9.17, 15) is 18.5 Å². The third-order valence-electron chi connectivity index (χ3n) is 6.60. The van der Waals surface area contributed by atoms with Crippen molar-refractivity contribution < 1.29 is 12.8 Å². The predicted molar refractivity (Wildman–Crippen MR) is 130 cm³/mol. The first-order valence-corrected chi connectivity index (χ1v) is 13.0. The Labute approximate surface area is 197 Å². The smallest absolute Gasteiger partial charge is 0.270 e. The van der Waals surface area contributed by atoms with Gasteiger partial charge in [0.05, 0.1) is 16.1 Å². The van der Waals surface area contributed by atoms with Crippen LogP contribution in [0.2, 0.25) is 0 Å². The minimum atomic E-state index is -3.45. The minimum Gasteiger partial charge on any atom is -0.440 e. The molecule has 8 nitrogen and oxygen atoms in total. The van der Waals surface area contributed by atoms with E-state index in [-0.39, 0.29) is 16.4 Å². The monoisotopic (exact) mass is 476 g/mol. The number of aryl methyl sites for hydroxylation is 2. The maximum atomic E-state index is 12.9. The molecule has 0 N–H and O–H groups in total. The van der Waals surface area contributed by atoms with Crippen molar-refractivity contribution in [2.24, 2.45) is 7.05 Å². The number of oxazole rings is 1. The average molecular weight is 477 g/mol. The van der Waals surface area contributed by atoms with Gasteiger partial charge in [-0.05, 0) is 55.7 Å². The van der Waals surface area contributed by atoms with Crippen LogP contribution in [0.5, 0.6) is 0 Å². The molecular weight excluding hydrogens is 452 g/mol. The number of fused-ring (bicyclic) bond motifs is 2. The number of aromatic nitrogens is 2. The Morgan fingerprint density at radius 2 is 1.88 bits per heavy atom. The number of hydrogen-bond donors (Lipinski definition) is 0. The second kappa shape index (κ2) is 7.99. The molecule has 0 unspecified atom stereocenters. The van der Waals surface area contributed by atoms with Gasteiger partial charge in [-0.1, -0.05) is 6.07 Å². The van der Waals surface area contributed by atoms with Gasteiger partial charge in [0, 0.05) is 37.7 Å². The summed E-state index contributed by atoms with van der Waals surface area (Å²) in [5, 5.41) is 10.4. The van der Waals surface area contributed by atoms with Crippen LogP contribution >= 0.6 is 0 Å². The standard InChI is InChI=1S/C25H24N4O4S/c1-15-4-7-22-20(12-15)27-24(33-22)16-8-10-29(11-9-16)23-18-13-17(34(3,31)32)5-6-21(18)28(2)25(30)19(23)14-26/h4-7,12-13,16H,8-11H2,1-3H3. The molecule has 0 atom stereocenters. The summed E-state index contributed by atoms with van der Waals surface area (Å²) in [6, 6.07) is 12.7. The van der Waals surface area contributed by atoms with Crippen molar-refractivity contribution in [3.8, 4) is 6.07 Å². The summed E-state index contributed by atoms with van der Waals surface area (Å²) in [5.41, 5.74) is 3.44. The van der Waals surface area contributed by atoms with Crippen LogP contribution in [-0.4, -0.2) is 37.3 Å². The lowest BCUT2D eigenvalue weighted by atomic mass is 9.95. The lowest BCUT2D eigenvalue weighted by Crippen LogP contribution is -2.36. The zero-order valence-corrected chi connectivity index (χ0v) is 20.0. The molecule has 2 aromatic heterocycles. The van der Waals surface area contributed by atoms with E-state index in [0.29, 0.717) is 35.6 Å². The molecule has 4 aromatic rings. The molecule has 0 saturated carbocycles. The Kier molecular flexibility index (Phi) is 5.21. The molecular formula is C25H24N4O4S. The van der Waals surface area contributed by atoms with E-state index in [2.05, 4.69) is 11.1 Å². The molecule has 0 aliphatic carbocycles. The van der Waals surface area contributed by atoms with E-state index in [1.54, 1.807) is 19.2 Å². The Hall–Kier alpha value is -3.64. The van der Waals surface area contributed by atoms with Gasteiger partial charge in [0.15, 0.2) is 21.3 Å². The molecule has 5 rings (SSSR count). The van der Waals surface area contributed by atoms with Gasteiger partial charge in [0.1, 0.15) is 17.1 Å². The molecule has 34 heavy (non-hydrogen) atoms. The molecule has 2 aromatic carbocycles. The summed E-state index contributed by atoms with van der Waals surface area (Å²) in [4.78, 5) is 19.8. The maximum absolute atomic E-state index is 12.9. The van der Waals surface area contributed by atoms with E-state index in [1.165, 1.54) is 10.6 Å². The summed E-state index contributed by atoms with van der Waals surface area (Å²) >= 11 is 0. The van der Waals surface area contributed by atoms with Gasteiger partial charge in [0.25, 0.3) is 5.56 Å². The van der Waals surface area contributed by atoms with Crippen molar-refractivity contribution in [1.29, 1.82) is 5.26 Å². The van der Waals surface area contributed by atoms with Gasteiger partial charge in [-0.25, -0.2) is 13.4 Å². The first kappa shape index (κ1) is 22.2. The SMILES string of the molecule is Cc1ccc2oc(C3CCN(c4c(C#N)c(=O)n(C)c5ccc(S(C)(=O)=O)cc45)CC3)nc2c1. The number of anilines is 1. The van der Waals surface area contributed by atoms with Crippen molar-refractivity contribution in [1.82, 2.24) is 9.55 Å². The van der Waals surface area contributed by atoms with Crippen molar-refractivity contribution in [3.63, 3.8) is 0 Å². The highest BCUT2D eigenvalue weighted by molar-refractivity contribution is 7.90. The second-order valence-electron chi connectivity index (χ2n) is 8.94. The van der Waals surface area contributed by atoms with Crippen LogP contribution in [0, 0.1) is 18.3 Å². The van der Waals surface area contributed by atoms with Gasteiger partial charge in [-0.3, -0.25) is 4.79 Å². The highest BCUT2D eigenvalue weighted by Crippen LogP contribution is 2.36. The number of rotatable bonds is 3. The maximum Gasteiger partial charge on any atom is 0.270 e. The van der Waals surface area contributed by atoms with Crippen LogP contribution in [0.4, 0.5) is 5.69 Å². The van der Waals surface area contributed by atoms with E-state index in [4.69, 9.17) is 4.42 Å². The fourth-order valence-electron chi connectivity index (χ4n) is 4.75. The lowest BCUT2D eigenvalue weighted by molar-refractivity contribution is 0.407. The largest absolute Gasteiger partial charge is 0.440 e. The van der Waals surface area contributed by atoms with Gasteiger partial charge in [0.2, 0.25) is 0 Å². The van der Waals surface area contributed by atoms with Gasteiger partial charge in [-0.15, -0.1) is 0 Å². The molecule has 3 heterocycles. The normalized spacial score (nSPS) is 15.2. The molecule has 1 aliphatic heterocycles. The van der Waals surface area contributed by atoms with Crippen LogP contribution in [0.1, 0.15) is 35.8 Å². The predicted octanol–water partition coefficient (Wildman–Crippen LogP) is 3.65. The topological polar surface area (TPSA) is 109 Å². The zero-order chi connectivity index (χ0) is 24.2. The number of pyridine rings is 1. The molecule has 0 amide bonds. The summed E-state index contributed by atoms with van der Waals surface area (Å²) in [5.74, 6) is 0.827. The minimum absolute atomic E-state index is 0.0245. The highest BCUT2D eigenvalue weighted by atomic mass is 32.2. The first-order valence-electron chi connectivity index (χ1n) is 11.1. The fraction of sp³-hybridized carbons (Fsp3) is 0.320. The van der Waals surface area contributed by atoms with E-state index >= 15 is 0 Å². The van der Waals surface area contributed by atoms with E-state index in [1.807, 2.05) is 30.0 Å². The molecule has 1 fully saturated rings. The molecule has 1 saturated heterocycles. The molecule has 0 radical (unpaired) electrons. The number of hydrogen-bond acceptors (Lipinski definition) is 7. The van der Waals surface area contributed by atoms with Crippen molar-refractivity contribution in [2.45, 2.75) is 30.6 Å². The number of benzene rings is 2. The van der Waals surface area contributed by atoms with Crippen molar-refractivity contribution in [3.05, 3.63) is 63.8 Å². The fourth-order valence-corrected chi connectivity index (χ4v) is 5.40. The van der Waals surface area contributed by atoms with Crippen molar-refractivity contribution in [2.75, 3.05) is 24.2 Å². The van der Waals surface area contributed by atoms with Crippen molar-refractivity contribution >= 4 is 37.5 Å². The molecule has 0 bridgehead atoms. The Morgan fingerprint density at radius 1 is 1.15 bits per heavy atom. The van der Waals surface area contributed by atoms with Crippen LogP contribution in [0.15, 0.2) is 50.5 Å². The van der Waals surface area contributed by atoms with Gasteiger partial charge in [-0.2, -0.15) is 5.26 Å². The summed E-state index contributed by atoms with van der Waals surface area (Å²) < 4.78 is 31.8. The van der Waals surface area contributed by atoms with Crippen LogP contribution in [0.3, 0.4) is 0 Å². The van der Waals surface area contributed by atoms with E-state index < -0.39 is 15.4 Å². The summed E-state index contributed by atoms with van der Waals surface area (Å²) in [7, 11) is -1.86. The lowest BCUT2D eigenvalue weighted by Gasteiger charge is -2.33. The zero-order valence-electron chi connectivity index (χ0n) is 19.2. The summed E-state index contributed by atoms with van der Waals surface area (Å²) in [6.07, 6.45) is 2.62. The van der Waals surface area contributed by atoms with E-state index in [0.717, 1.165) is 35.8 Å². The van der Waals surface area contributed by atoms with Crippen LogP contribution in [0.25, 0.3) is 22.0 Å².